The van der Waals surface area contributed by atoms with E-state index in [1.807, 2.05) is 12.1 Å². The Kier molecular flexibility index (Phi) is 5.80. The van der Waals surface area contributed by atoms with Gasteiger partial charge in [0.15, 0.2) is 0 Å². The van der Waals surface area contributed by atoms with E-state index in [1.54, 1.807) is 6.07 Å². The van der Waals surface area contributed by atoms with Gasteiger partial charge in [-0.3, -0.25) is 0 Å². The molecule has 3 heteroatoms. The van der Waals surface area contributed by atoms with Crippen LogP contribution in [0.2, 0.25) is 0 Å². The molecule has 1 saturated heterocycles. The van der Waals surface area contributed by atoms with Crippen LogP contribution in [0.15, 0.2) is 24.3 Å². The highest BCUT2D eigenvalue weighted by Crippen LogP contribution is 2.13. The van der Waals surface area contributed by atoms with E-state index in [-0.39, 0.29) is 5.82 Å². The summed E-state index contributed by atoms with van der Waals surface area (Å²) in [6.45, 7) is 3.94. The quantitative estimate of drug-likeness (QED) is 0.853. The molecule has 2 atom stereocenters. The topological polar surface area (TPSA) is 24.1 Å². The molecule has 0 radical (unpaired) electrons. The summed E-state index contributed by atoms with van der Waals surface area (Å²) in [7, 11) is 0. The lowest BCUT2D eigenvalue weighted by Crippen LogP contribution is -2.36. The van der Waals surface area contributed by atoms with Gasteiger partial charge in [-0.25, -0.2) is 4.39 Å². The third-order valence-electron chi connectivity index (χ3n) is 3.90. The van der Waals surface area contributed by atoms with Crippen molar-refractivity contribution in [2.75, 3.05) is 6.54 Å². The van der Waals surface area contributed by atoms with Gasteiger partial charge in [0.1, 0.15) is 5.82 Å². The average Bonchev–Trinajstić information content (AvgIpc) is 2.66. The van der Waals surface area contributed by atoms with E-state index in [4.69, 9.17) is 0 Å². The zero-order valence-electron chi connectivity index (χ0n) is 11.8. The molecular weight excluding hydrogens is 239 g/mol. The summed E-state index contributed by atoms with van der Waals surface area (Å²) >= 11 is 0. The molecule has 0 amide bonds. The Labute approximate surface area is 115 Å². The standard InChI is InChI=1S/C16H25FN2/c1-13(11-15-8-3-2-6-10-18-15)19-12-14-7-4-5-9-16(14)17/h4-5,7,9,13,15,18-19H,2-3,6,8,10-12H2,1H3. The van der Waals surface area contributed by atoms with Crippen molar-refractivity contribution in [3.05, 3.63) is 35.6 Å². The number of hydrogen-bond acceptors (Lipinski definition) is 2. The molecule has 2 rings (SSSR count). The summed E-state index contributed by atoms with van der Waals surface area (Å²) in [5, 5.41) is 7.04. The number of nitrogens with one attached hydrogen (secondary N) is 2. The van der Waals surface area contributed by atoms with Crippen LogP contribution in [0.1, 0.15) is 44.6 Å². The maximum absolute atomic E-state index is 13.5. The van der Waals surface area contributed by atoms with Gasteiger partial charge >= 0.3 is 0 Å². The van der Waals surface area contributed by atoms with Crippen LogP contribution in [0.4, 0.5) is 4.39 Å². The lowest BCUT2D eigenvalue weighted by molar-refractivity contribution is 0.400. The average molecular weight is 264 g/mol. The Hall–Kier alpha value is -0.930. The second-order valence-corrected chi connectivity index (χ2v) is 5.61. The highest BCUT2D eigenvalue weighted by Gasteiger charge is 2.14. The highest BCUT2D eigenvalue weighted by atomic mass is 19.1. The molecule has 2 unspecified atom stereocenters. The van der Waals surface area contributed by atoms with E-state index in [2.05, 4.69) is 17.6 Å². The molecular formula is C16H25FN2. The van der Waals surface area contributed by atoms with E-state index in [0.717, 1.165) is 18.5 Å². The molecule has 0 aliphatic carbocycles. The molecule has 0 bridgehead atoms. The van der Waals surface area contributed by atoms with Gasteiger partial charge in [0.2, 0.25) is 0 Å². The van der Waals surface area contributed by atoms with Crippen molar-refractivity contribution >= 4 is 0 Å². The van der Waals surface area contributed by atoms with E-state index < -0.39 is 0 Å². The maximum Gasteiger partial charge on any atom is 0.127 e. The van der Waals surface area contributed by atoms with Crippen LogP contribution >= 0.6 is 0 Å². The molecule has 1 aromatic carbocycles. The second-order valence-electron chi connectivity index (χ2n) is 5.61. The third kappa shape index (κ3) is 4.92. The van der Waals surface area contributed by atoms with E-state index >= 15 is 0 Å². The fraction of sp³-hybridized carbons (Fsp3) is 0.625. The van der Waals surface area contributed by atoms with E-state index in [0.29, 0.717) is 18.6 Å². The molecule has 1 aromatic rings. The summed E-state index contributed by atoms with van der Waals surface area (Å²) in [5.74, 6) is -0.116. The summed E-state index contributed by atoms with van der Waals surface area (Å²) < 4.78 is 13.5. The van der Waals surface area contributed by atoms with Crippen molar-refractivity contribution in [3.63, 3.8) is 0 Å². The van der Waals surface area contributed by atoms with E-state index in [1.165, 1.54) is 31.7 Å². The van der Waals surface area contributed by atoms with E-state index in [9.17, 15) is 4.39 Å². The molecule has 0 spiro atoms. The van der Waals surface area contributed by atoms with Crippen LogP contribution in [0, 0.1) is 5.82 Å². The predicted molar refractivity (Wildman–Crippen MR) is 77.6 cm³/mol. The SMILES string of the molecule is CC(CC1CCCCCN1)NCc1ccccc1F. The Morgan fingerprint density at radius 3 is 3.00 bits per heavy atom. The molecule has 1 aliphatic rings. The van der Waals surface area contributed by atoms with Crippen molar-refractivity contribution in [2.24, 2.45) is 0 Å². The first-order valence-electron chi connectivity index (χ1n) is 7.46. The molecule has 106 valence electrons. The van der Waals surface area contributed by atoms with Gasteiger partial charge in [0.05, 0.1) is 0 Å². The smallest absolute Gasteiger partial charge is 0.127 e. The zero-order valence-corrected chi connectivity index (χ0v) is 11.8. The summed E-state index contributed by atoms with van der Waals surface area (Å²) in [6.07, 6.45) is 6.37. The maximum atomic E-state index is 13.5. The first-order valence-corrected chi connectivity index (χ1v) is 7.46. The van der Waals surface area contributed by atoms with Crippen molar-refractivity contribution in [3.8, 4) is 0 Å². The third-order valence-corrected chi connectivity index (χ3v) is 3.90. The molecule has 1 fully saturated rings. The molecule has 2 nitrogen and oxygen atoms in total. The van der Waals surface area contributed by atoms with Crippen LogP contribution < -0.4 is 10.6 Å². The van der Waals surface area contributed by atoms with Crippen LogP contribution in [-0.2, 0) is 6.54 Å². The number of benzene rings is 1. The summed E-state index contributed by atoms with van der Waals surface area (Å²) in [4.78, 5) is 0. The Bertz CT molecular complexity index is 373. The minimum atomic E-state index is -0.116. The fourth-order valence-corrected chi connectivity index (χ4v) is 2.74. The monoisotopic (exact) mass is 264 g/mol. The minimum Gasteiger partial charge on any atom is -0.314 e. The van der Waals surface area contributed by atoms with Gasteiger partial charge in [-0.1, -0.05) is 31.0 Å². The highest BCUT2D eigenvalue weighted by molar-refractivity contribution is 5.16. The first kappa shape index (κ1) is 14.5. The zero-order chi connectivity index (χ0) is 13.5. The normalized spacial score (nSPS) is 21.9. The number of rotatable bonds is 5. The van der Waals surface area contributed by atoms with Gasteiger partial charge < -0.3 is 10.6 Å². The summed E-state index contributed by atoms with van der Waals surface area (Å²) in [5.41, 5.74) is 0.753. The van der Waals surface area contributed by atoms with Gasteiger partial charge in [0.25, 0.3) is 0 Å². The van der Waals surface area contributed by atoms with Crippen molar-refractivity contribution in [2.45, 2.75) is 57.7 Å². The largest absolute Gasteiger partial charge is 0.314 e. The number of halogens is 1. The Morgan fingerprint density at radius 2 is 2.16 bits per heavy atom. The van der Waals surface area contributed by atoms with Crippen molar-refractivity contribution in [1.29, 1.82) is 0 Å². The molecule has 2 N–H and O–H groups in total. The second kappa shape index (κ2) is 7.61. The van der Waals surface area contributed by atoms with Crippen LogP contribution in [0.3, 0.4) is 0 Å². The van der Waals surface area contributed by atoms with Crippen LogP contribution in [0.25, 0.3) is 0 Å². The van der Waals surface area contributed by atoms with Gasteiger partial charge in [-0.05, 0) is 38.8 Å². The van der Waals surface area contributed by atoms with Gasteiger partial charge in [-0.2, -0.15) is 0 Å². The molecule has 19 heavy (non-hydrogen) atoms. The summed E-state index contributed by atoms with van der Waals surface area (Å²) in [6, 6.07) is 8.02. The Balaban J connectivity index is 1.74. The van der Waals surface area contributed by atoms with Crippen LogP contribution in [0.5, 0.6) is 0 Å². The molecule has 1 aliphatic heterocycles. The fourth-order valence-electron chi connectivity index (χ4n) is 2.74. The predicted octanol–water partition coefficient (Wildman–Crippen LogP) is 3.23. The van der Waals surface area contributed by atoms with Crippen molar-refractivity contribution in [1.82, 2.24) is 10.6 Å². The minimum absolute atomic E-state index is 0.116. The van der Waals surface area contributed by atoms with Crippen molar-refractivity contribution < 1.29 is 4.39 Å². The van der Waals surface area contributed by atoms with Crippen LogP contribution in [-0.4, -0.2) is 18.6 Å². The number of hydrogen-bond donors (Lipinski definition) is 2. The first-order chi connectivity index (χ1) is 9.25. The Morgan fingerprint density at radius 1 is 1.32 bits per heavy atom. The van der Waals surface area contributed by atoms with Gasteiger partial charge in [-0.15, -0.1) is 0 Å². The lowest BCUT2D eigenvalue weighted by atomic mass is 10.0. The lowest BCUT2D eigenvalue weighted by Gasteiger charge is -2.21. The molecule has 1 heterocycles. The molecule has 0 aromatic heterocycles. The van der Waals surface area contributed by atoms with Gasteiger partial charge in [0, 0.05) is 24.2 Å². The molecule has 0 saturated carbocycles.